The van der Waals surface area contributed by atoms with E-state index in [9.17, 15) is 22.0 Å². The molecular formula is C33H32F8O2. The first-order valence-electron chi connectivity index (χ1n) is 14.5. The molecule has 2 nitrogen and oxygen atoms in total. The van der Waals surface area contributed by atoms with Gasteiger partial charge in [0.2, 0.25) is 0 Å². The molecular weight excluding hydrogens is 580 g/mol. The summed E-state index contributed by atoms with van der Waals surface area (Å²) in [4.78, 5) is 0. The van der Waals surface area contributed by atoms with Gasteiger partial charge in [0.05, 0.1) is 5.92 Å². The Morgan fingerprint density at radius 1 is 0.698 bits per heavy atom. The van der Waals surface area contributed by atoms with Gasteiger partial charge in [-0.1, -0.05) is 31.9 Å². The molecule has 2 aliphatic carbocycles. The summed E-state index contributed by atoms with van der Waals surface area (Å²) in [5.74, 6) is -6.51. The Labute approximate surface area is 245 Å². The van der Waals surface area contributed by atoms with Gasteiger partial charge in [-0.15, -0.1) is 0 Å². The summed E-state index contributed by atoms with van der Waals surface area (Å²) in [7, 11) is 0. The molecule has 10 heteroatoms. The highest BCUT2D eigenvalue weighted by atomic mass is 19.3. The Hall–Kier alpha value is -3.30. The van der Waals surface area contributed by atoms with Crippen LogP contribution in [0.15, 0.2) is 48.5 Å². The maximum absolute atomic E-state index is 15.1. The number of benzene rings is 3. The first kappa shape index (κ1) is 31.1. The molecule has 2 fully saturated rings. The second-order valence-corrected chi connectivity index (χ2v) is 11.7. The highest BCUT2D eigenvalue weighted by molar-refractivity contribution is 5.66. The molecule has 2 saturated carbocycles. The zero-order chi connectivity index (χ0) is 30.9. The van der Waals surface area contributed by atoms with Gasteiger partial charge in [-0.3, -0.25) is 0 Å². The first-order chi connectivity index (χ1) is 20.4. The van der Waals surface area contributed by atoms with Crippen LogP contribution in [0.3, 0.4) is 0 Å². The Morgan fingerprint density at radius 2 is 1.33 bits per heavy atom. The molecule has 0 radical (unpaired) electrons. The molecule has 0 bridgehead atoms. The fourth-order valence-electron chi connectivity index (χ4n) is 6.41. The zero-order valence-electron chi connectivity index (χ0n) is 23.5. The summed E-state index contributed by atoms with van der Waals surface area (Å²) in [5, 5.41) is 0. The molecule has 3 aromatic rings. The molecule has 2 aliphatic rings. The van der Waals surface area contributed by atoms with Gasteiger partial charge in [0, 0.05) is 11.6 Å². The maximum Gasteiger partial charge on any atom is 0.400 e. The van der Waals surface area contributed by atoms with E-state index in [-0.39, 0.29) is 35.7 Å². The number of ether oxygens (including phenoxy) is 2. The van der Waals surface area contributed by atoms with E-state index in [1.165, 1.54) is 0 Å². The molecule has 0 aromatic heterocycles. The third-order valence-electron chi connectivity index (χ3n) is 8.86. The second-order valence-electron chi connectivity index (χ2n) is 11.7. The van der Waals surface area contributed by atoms with Crippen LogP contribution in [0.5, 0.6) is 11.5 Å². The molecule has 0 unspecified atom stereocenters. The van der Waals surface area contributed by atoms with Crippen LogP contribution >= 0.6 is 0 Å². The normalized spacial score (nSPS) is 22.9. The van der Waals surface area contributed by atoms with Crippen LogP contribution < -0.4 is 9.47 Å². The molecule has 0 atom stereocenters. The molecule has 0 amide bonds. The molecule has 0 N–H and O–H groups in total. The monoisotopic (exact) mass is 612 g/mol. The lowest BCUT2D eigenvalue weighted by atomic mass is 9.76. The SMILES string of the molecule is CC1CCC(c2ccc(C3CCC(C(F)(F)Oc4ccc(-c5cc(F)c(OC(F)F)c(F)c5)c(F)c4)CC3)c(F)c2)CC1. The summed E-state index contributed by atoms with van der Waals surface area (Å²) in [6.45, 7) is -1.24. The van der Waals surface area contributed by atoms with Crippen molar-refractivity contribution in [1.29, 1.82) is 0 Å². The second kappa shape index (κ2) is 12.7. The fraction of sp³-hybridized carbons (Fsp3) is 0.455. The van der Waals surface area contributed by atoms with Gasteiger partial charge in [0.1, 0.15) is 17.4 Å². The van der Waals surface area contributed by atoms with E-state index in [0.29, 0.717) is 48.4 Å². The number of halogens is 8. The van der Waals surface area contributed by atoms with Crippen LogP contribution in [0.1, 0.15) is 81.3 Å². The van der Waals surface area contributed by atoms with Crippen molar-refractivity contribution in [2.24, 2.45) is 11.8 Å². The van der Waals surface area contributed by atoms with Crippen LogP contribution in [0.2, 0.25) is 0 Å². The van der Waals surface area contributed by atoms with Crippen molar-refractivity contribution in [3.8, 4) is 22.6 Å². The average Bonchev–Trinajstić information content (AvgIpc) is 2.95. The number of hydrogen-bond acceptors (Lipinski definition) is 2. The van der Waals surface area contributed by atoms with Gasteiger partial charge in [0.15, 0.2) is 17.4 Å². The zero-order valence-corrected chi connectivity index (χ0v) is 23.5. The summed E-state index contributed by atoms with van der Waals surface area (Å²) < 4.78 is 122. The highest BCUT2D eigenvalue weighted by Crippen LogP contribution is 2.45. The van der Waals surface area contributed by atoms with Crippen molar-refractivity contribution >= 4 is 0 Å². The van der Waals surface area contributed by atoms with Gasteiger partial charge in [-0.25, -0.2) is 17.6 Å². The largest absolute Gasteiger partial charge is 0.432 e. The smallest absolute Gasteiger partial charge is 0.400 e. The Bertz CT molecular complexity index is 1400. The third kappa shape index (κ3) is 7.10. The van der Waals surface area contributed by atoms with E-state index in [0.717, 1.165) is 43.4 Å². The average molecular weight is 613 g/mol. The lowest BCUT2D eigenvalue weighted by Gasteiger charge is -2.34. The fourth-order valence-corrected chi connectivity index (χ4v) is 6.41. The van der Waals surface area contributed by atoms with Gasteiger partial charge in [-0.05, 0) is 103 Å². The van der Waals surface area contributed by atoms with Crippen LogP contribution in [0, 0.1) is 35.1 Å². The van der Waals surface area contributed by atoms with E-state index in [4.69, 9.17) is 4.74 Å². The van der Waals surface area contributed by atoms with Crippen LogP contribution in [-0.4, -0.2) is 12.7 Å². The number of alkyl halides is 4. The standard InChI is InChI=1S/C33H32F8O2/c1-18-2-4-19(5-3-18)21-8-12-25(27(34)14-21)20-6-9-23(10-7-20)33(40,41)43-24-11-13-26(28(35)17-24)22-15-29(36)31(30(37)16-22)42-32(38)39/h8,11-20,23,32H,2-7,9-10H2,1H3. The molecule has 0 heterocycles. The molecule has 5 rings (SSSR count). The minimum absolute atomic E-state index is 0.0749. The van der Waals surface area contributed by atoms with Crippen molar-refractivity contribution in [2.45, 2.75) is 82.8 Å². The van der Waals surface area contributed by atoms with Crippen LogP contribution in [-0.2, 0) is 0 Å². The van der Waals surface area contributed by atoms with Crippen molar-refractivity contribution < 1.29 is 44.6 Å². The number of rotatable bonds is 8. The third-order valence-corrected chi connectivity index (χ3v) is 8.86. The maximum atomic E-state index is 15.1. The van der Waals surface area contributed by atoms with E-state index in [2.05, 4.69) is 11.7 Å². The quantitative estimate of drug-likeness (QED) is 0.236. The van der Waals surface area contributed by atoms with E-state index in [1.54, 1.807) is 12.1 Å². The van der Waals surface area contributed by atoms with Gasteiger partial charge in [0.25, 0.3) is 0 Å². The lowest BCUT2D eigenvalue weighted by molar-refractivity contribution is -0.222. The molecule has 232 valence electrons. The minimum Gasteiger partial charge on any atom is -0.432 e. The van der Waals surface area contributed by atoms with Gasteiger partial charge in [-0.2, -0.15) is 17.6 Å². The molecule has 0 saturated heterocycles. The summed E-state index contributed by atoms with van der Waals surface area (Å²) in [6.07, 6.45) is 1.52. The predicted octanol–water partition coefficient (Wildman–Crippen LogP) is 10.8. The van der Waals surface area contributed by atoms with Gasteiger partial charge >= 0.3 is 12.7 Å². The number of hydrogen-bond donors (Lipinski definition) is 0. The summed E-state index contributed by atoms with van der Waals surface area (Å²) >= 11 is 0. The van der Waals surface area contributed by atoms with Crippen molar-refractivity contribution in [1.82, 2.24) is 0 Å². The molecule has 43 heavy (non-hydrogen) atoms. The van der Waals surface area contributed by atoms with Crippen LogP contribution in [0.4, 0.5) is 35.1 Å². The van der Waals surface area contributed by atoms with E-state index in [1.807, 2.05) is 6.07 Å². The summed E-state index contributed by atoms with van der Waals surface area (Å²) in [6, 6.07) is 9.25. The molecule has 0 aliphatic heterocycles. The Morgan fingerprint density at radius 3 is 1.91 bits per heavy atom. The molecule has 3 aromatic carbocycles. The Balaban J connectivity index is 1.21. The van der Waals surface area contributed by atoms with Crippen molar-refractivity contribution in [3.05, 3.63) is 82.9 Å². The highest BCUT2D eigenvalue weighted by Gasteiger charge is 2.44. The Kier molecular flexibility index (Phi) is 9.23. The predicted molar refractivity (Wildman–Crippen MR) is 145 cm³/mol. The van der Waals surface area contributed by atoms with E-state index < -0.39 is 47.6 Å². The minimum atomic E-state index is -3.65. The van der Waals surface area contributed by atoms with Crippen molar-refractivity contribution in [2.75, 3.05) is 0 Å². The van der Waals surface area contributed by atoms with Gasteiger partial charge < -0.3 is 9.47 Å². The van der Waals surface area contributed by atoms with E-state index >= 15 is 13.2 Å². The topological polar surface area (TPSA) is 18.5 Å². The van der Waals surface area contributed by atoms with Crippen LogP contribution in [0.25, 0.3) is 11.1 Å². The first-order valence-corrected chi connectivity index (χ1v) is 14.5. The summed E-state index contributed by atoms with van der Waals surface area (Å²) in [5.41, 5.74) is 0.825. The van der Waals surface area contributed by atoms with Crippen molar-refractivity contribution in [3.63, 3.8) is 0 Å². The lowest BCUT2D eigenvalue weighted by Crippen LogP contribution is -2.37. The molecule has 0 spiro atoms.